The van der Waals surface area contributed by atoms with Gasteiger partial charge in [0.2, 0.25) is 11.8 Å². The van der Waals surface area contributed by atoms with Gasteiger partial charge in [-0.3, -0.25) is 9.59 Å². The Labute approximate surface area is 153 Å². The molecule has 3 rings (SSSR count). The summed E-state index contributed by atoms with van der Waals surface area (Å²) in [6, 6.07) is 3.55. The van der Waals surface area contributed by atoms with Gasteiger partial charge < -0.3 is 20.9 Å². The van der Waals surface area contributed by atoms with Crippen LogP contribution in [0.4, 0.5) is 11.5 Å². The zero-order valence-electron chi connectivity index (χ0n) is 13.3. The number of hydrogen-bond donors (Lipinski definition) is 3. The van der Waals surface area contributed by atoms with Crippen LogP contribution in [0.25, 0.3) is 0 Å². The van der Waals surface area contributed by atoms with E-state index in [9.17, 15) is 9.59 Å². The van der Waals surface area contributed by atoms with Gasteiger partial charge in [-0.2, -0.15) is 0 Å². The Morgan fingerprint density at radius 3 is 2.71 bits per heavy atom. The Kier molecular flexibility index (Phi) is 8.24. The molecule has 7 nitrogen and oxygen atoms in total. The highest BCUT2D eigenvalue weighted by atomic mass is 35.5. The van der Waals surface area contributed by atoms with Crippen LogP contribution in [0.5, 0.6) is 0 Å². The lowest BCUT2D eigenvalue weighted by molar-refractivity contribution is -0.120. The summed E-state index contributed by atoms with van der Waals surface area (Å²) in [6.45, 7) is 2.60. The van der Waals surface area contributed by atoms with Crippen molar-refractivity contribution in [1.82, 2.24) is 15.6 Å². The fraction of sp³-hybridized carbons (Fsp3) is 0.533. The summed E-state index contributed by atoms with van der Waals surface area (Å²) in [4.78, 5) is 29.8. The van der Waals surface area contributed by atoms with Crippen molar-refractivity contribution in [2.75, 3.05) is 36.4 Å². The maximum Gasteiger partial charge on any atom is 0.241 e. The minimum atomic E-state index is -0.112. The second-order valence-corrected chi connectivity index (χ2v) is 5.67. The molecule has 24 heavy (non-hydrogen) atoms. The Balaban J connectivity index is 0.00000144. The molecule has 0 radical (unpaired) electrons. The van der Waals surface area contributed by atoms with Crippen LogP contribution in [0, 0.1) is 0 Å². The van der Waals surface area contributed by atoms with Crippen LogP contribution in [0.2, 0.25) is 0 Å². The molecule has 2 aliphatic heterocycles. The topological polar surface area (TPSA) is 86.4 Å². The van der Waals surface area contributed by atoms with E-state index in [1.54, 1.807) is 6.20 Å². The number of rotatable bonds is 3. The Morgan fingerprint density at radius 1 is 1.25 bits per heavy atom. The average Bonchev–Trinajstić information content (AvgIpc) is 2.56. The van der Waals surface area contributed by atoms with E-state index in [-0.39, 0.29) is 42.7 Å². The number of carbonyl (C=O) groups excluding carboxylic acids is 2. The highest BCUT2D eigenvalue weighted by Gasteiger charge is 2.21. The van der Waals surface area contributed by atoms with E-state index >= 15 is 0 Å². The number of hydrogen-bond acceptors (Lipinski definition) is 5. The number of nitrogens with zero attached hydrogens (tertiary/aromatic N) is 2. The molecule has 9 heteroatoms. The van der Waals surface area contributed by atoms with Crippen LogP contribution in [-0.4, -0.2) is 49.0 Å². The number of carbonyl (C=O) groups is 2. The summed E-state index contributed by atoms with van der Waals surface area (Å²) in [5.41, 5.74) is 0.683. The molecule has 2 fully saturated rings. The first kappa shape index (κ1) is 20.5. The van der Waals surface area contributed by atoms with Crippen LogP contribution >= 0.6 is 24.8 Å². The minimum Gasteiger partial charge on any atom is -0.353 e. The first-order valence-electron chi connectivity index (χ1n) is 7.74. The molecule has 3 N–H and O–H groups in total. The number of halogens is 2. The first-order valence-corrected chi connectivity index (χ1v) is 7.74. The highest BCUT2D eigenvalue weighted by Crippen LogP contribution is 2.16. The quantitative estimate of drug-likeness (QED) is 0.731. The fourth-order valence-corrected chi connectivity index (χ4v) is 2.79. The van der Waals surface area contributed by atoms with Crippen LogP contribution < -0.4 is 20.9 Å². The fourth-order valence-electron chi connectivity index (χ4n) is 2.79. The molecule has 0 bridgehead atoms. The predicted molar refractivity (Wildman–Crippen MR) is 98.2 cm³/mol. The standard InChI is InChI=1S/C15H21N5O2.2ClH/c21-14-10-20(8-7-17-14)13-5-4-11(9-18-13)19-15(22)12-3-1-2-6-16-12;;/h4-5,9,12,16H,1-3,6-8,10H2,(H,17,21)(H,19,22);2*1H/t12-;;/m1../s1. The van der Waals surface area contributed by atoms with Crippen molar-refractivity contribution in [3.05, 3.63) is 18.3 Å². The monoisotopic (exact) mass is 375 g/mol. The molecule has 1 aromatic rings. The van der Waals surface area contributed by atoms with E-state index in [4.69, 9.17) is 0 Å². The summed E-state index contributed by atoms with van der Waals surface area (Å²) in [5.74, 6) is 0.754. The van der Waals surface area contributed by atoms with E-state index in [2.05, 4.69) is 20.9 Å². The van der Waals surface area contributed by atoms with Crippen LogP contribution in [0.15, 0.2) is 18.3 Å². The average molecular weight is 376 g/mol. The third kappa shape index (κ3) is 5.22. The maximum atomic E-state index is 12.1. The normalized spacial score (nSPS) is 20.2. The molecule has 3 heterocycles. The van der Waals surface area contributed by atoms with Crippen molar-refractivity contribution in [3.8, 4) is 0 Å². The summed E-state index contributed by atoms with van der Waals surface area (Å²) in [6.07, 6.45) is 4.73. The number of amides is 2. The second kappa shape index (κ2) is 9.66. The molecule has 2 saturated heterocycles. The molecule has 0 aromatic carbocycles. The lowest BCUT2D eigenvalue weighted by atomic mass is 10.0. The molecule has 134 valence electrons. The van der Waals surface area contributed by atoms with Gasteiger partial charge in [-0.15, -0.1) is 24.8 Å². The third-order valence-corrected chi connectivity index (χ3v) is 4.00. The van der Waals surface area contributed by atoms with E-state index in [1.165, 1.54) is 0 Å². The number of anilines is 2. The Hall–Kier alpha value is -1.57. The number of pyridine rings is 1. The van der Waals surface area contributed by atoms with Gasteiger partial charge in [0.1, 0.15) is 5.82 Å². The number of piperazine rings is 1. The summed E-state index contributed by atoms with van der Waals surface area (Å²) >= 11 is 0. The summed E-state index contributed by atoms with van der Waals surface area (Å²) < 4.78 is 0. The van der Waals surface area contributed by atoms with E-state index in [0.717, 1.165) is 38.2 Å². The number of aromatic nitrogens is 1. The largest absolute Gasteiger partial charge is 0.353 e. The zero-order chi connectivity index (χ0) is 15.4. The van der Waals surface area contributed by atoms with Gasteiger partial charge in [0, 0.05) is 13.1 Å². The van der Waals surface area contributed by atoms with Gasteiger partial charge in [0.25, 0.3) is 0 Å². The first-order chi connectivity index (χ1) is 10.7. The molecular weight excluding hydrogens is 353 g/mol. The minimum absolute atomic E-state index is 0. The van der Waals surface area contributed by atoms with Crippen LogP contribution in [0.1, 0.15) is 19.3 Å². The molecule has 0 aliphatic carbocycles. The van der Waals surface area contributed by atoms with Crippen molar-refractivity contribution in [2.45, 2.75) is 25.3 Å². The molecule has 1 aromatic heterocycles. The van der Waals surface area contributed by atoms with Gasteiger partial charge in [0.15, 0.2) is 0 Å². The van der Waals surface area contributed by atoms with E-state index in [1.807, 2.05) is 17.0 Å². The molecule has 1 atom stereocenters. The molecule has 2 aliphatic rings. The lowest BCUT2D eigenvalue weighted by Gasteiger charge is -2.27. The number of nitrogens with one attached hydrogen (secondary N) is 3. The smallest absolute Gasteiger partial charge is 0.241 e. The highest BCUT2D eigenvalue weighted by molar-refractivity contribution is 5.94. The van der Waals surface area contributed by atoms with Crippen molar-refractivity contribution in [3.63, 3.8) is 0 Å². The predicted octanol–water partition coefficient (Wildman–Crippen LogP) is 0.942. The maximum absolute atomic E-state index is 12.1. The van der Waals surface area contributed by atoms with Gasteiger partial charge in [-0.25, -0.2) is 4.98 Å². The van der Waals surface area contributed by atoms with Crippen molar-refractivity contribution >= 4 is 48.1 Å². The van der Waals surface area contributed by atoms with Gasteiger partial charge in [-0.05, 0) is 31.5 Å². The molecule has 0 spiro atoms. The molecule has 0 unspecified atom stereocenters. The third-order valence-electron chi connectivity index (χ3n) is 4.00. The van der Waals surface area contributed by atoms with Crippen LogP contribution in [-0.2, 0) is 9.59 Å². The summed E-state index contributed by atoms with van der Waals surface area (Å²) in [7, 11) is 0. The van der Waals surface area contributed by atoms with Gasteiger partial charge >= 0.3 is 0 Å². The van der Waals surface area contributed by atoms with Crippen LogP contribution in [0.3, 0.4) is 0 Å². The molecule has 2 amide bonds. The molecular formula is C15H23Cl2N5O2. The van der Waals surface area contributed by atoms with E-state index < -0.39 is 0 Å². The molecule has 0 saturated carbocycles. The Bertz CT molecular complexity index is 549. The SMILES string of the molecule is Cl.Cl.O=C1CN(c2ccc(NC(=O)[C@H]3CCCCN3)cn2)CCN1. The Morgan fingerprint density at radius 2 is 2.08 bits per heavy atom. The zero-order valence-corrected chi connectivity index (χ0v) is 14.9. The lowest BCUT2D eigenvalue weighted by Crippen LogP contribution is -2.48. The summed E-state index contributed by atoms with van der Waals surface area (Å²) in [5, 5.41) is 8.89. The van der Waals surface area contributed by atoms with E-state index in [0.29, 0.717) is 18.8 Å². The van der Waals surface area contributed by atoms with Gasteiger partial charge in [-0.1, -0.05) is 6.42 Å². The van der Waals surface area contributed by atoms with Crippen molar-refractivity contribution in [1.29, 1.82) is 0 Å². The van der Waals surface area contributed by atoms with Crippen molar-refractivity contribution < 1.29 is 9.59 Å². The number of piperidine rings is 1. The van der Waals surface area contributed by atoms with Crippen molar-refractivity contribution in [2.24, 2.45) is 0 Å². The van der Waals surface area contributed by atoms with Gasteiger partial charge in [0.05, 0.1) is 24.5 Å². The second-order valence-electron chi connectivity index (χ2n) is 5.67.